The molecule has 1 atom stereocenters. The van der Waals surface area contributed by atoms with E-state index in [-0.39, 0.29) is 0 Å². The molecule has 0 saturated heterocycles. The Morgan fingerprint density at radius 3 is 1.49 bits per heavy atom. The maximum absolute atomic E-state index is 6.66. The molecule has 0 spiro atoms. The number of ether oxygens (including phenoxy) is 1. The normalized spacial score (nSPS) is 13.3. The Labute approximate surface area is 505 Å². The highest BCUT2D eigenvalue weighted by Crippen LogP contribution is 2.56. The van der Waals surface area contributed by atoms with Crippen molar-refractivity contribution in [3.63, 3.8) is 0 Å². The number of rotatable bonds is 17. The fraction of sp³-hybridized carbons (Fsp3) is 0.0843. The van der Waals surface area contributed by atoms with E-state index in [1.807, 2.05) is 12.2 Å². The first-order valence-electron chi connectivity index (χ1n) is 30.0. The second kappa shape index (κ2) is 22.9. The van der Waals surface area contributed by atoms with Crippen LogP contribution < -0.4 is 9.64 Å². The lowest BCUT2D eigenvalue weighted by Gasteiger charge is -2.34. The Morgan fingerprint density at radius 2 is 0.884 bits per heavy atom. The summed E-state index contributed by atoms with van der Waals surface area (Å²) in [5.41, 5.74) is 27.0. The van der Waals surface area contributed by atoms with Crippen LogP contribution >= 0.6 is 0 Å². The topological polar surface area (TPSA) is 17.4 Å². The Balaban J connectivity index is 0.826. The monoisotopic (exact) mass is 1110 g/mol. The lowest BCUT2D eigenvalue weighted by Crippen LogP contribution is -2.27. The number of unbranched alkanes of at least 4 members (excludes halogenated alkanes) is 1. The standard InChI is InChI=1S/C83H66N2O/c1-5-59-28-32-63(33-29-59)66-40-48-80-76(54-66)77-55-67(41-49-81(77)85(80)69-24-14-9-15-25-69)64-38-44-71(45-39-64)84(70-42-36-62(37-43-70)61-20-10-7-11-21-61)72-46-47-74-73-26-16-17-27-78(73)83(79(74)56-72,68-22-12-8-13-23-68)50-18-19-51-86-82-53-57(3)75(52-58(82)4)65-34-30-60(6-2)31-35-65/h5-17,20-49,52-56H,1-2,18-19,50-51H2,3-4H3. The van der Waals surface area contributed by atoms with E-state index < -0.39 is 5.41 Å². The van der Waals surface area contributed by atoms with Gasteiger partial charge < -0.3 is 14.2 Å². The van der Waals surface area contributed by atoms with Crippen molar-refractivity contribution < 1.29 is 4.74 Å². The third-order valence-electron chi connectivity index (χ3n) is 17.8. The van der Waals surface area contributed by atoms with E-state index in [1.54, 1.807) is 0 Å². The van der Waals surface area contributed by atoms with E-state index in [0.717, 1.165) is 75.6 Å². The first-order valence-corrected chi connectivity index (χ1v) is 30.0. The third-order valence-corrected chi connectivity index (χ3v) is 17.8. The molecule has 414 valence electrons. The molecule has 12 aromatic carbocycles. The predicted octanol–water partition coefficient (Wildman–Crippen LogP) is 22.4. The number of hydrogen-bond donors (Lipinski definition) is 0. The van der Waals surface area contributed by atoms with Gasteiger partial charge in [0.25, 0.3) is 0 Å². The quantitative estimate of drug-likeness (QED) is 0.0846. The van der Waals surface area contributed by atoms with Crippen LogP contribution in [0.2, 0.25) is 0 Å². The van der Waals surface area contributed by atoms with Crippen LogP contribution in [0.5, 0.6) is 5.75 Å². The molecule has 1 unspecified atom stereocenters. The molecular weight excluding hydrogens is 1040 g/mol. The predicted molar refractivity (Wildman–Crippen MR) is 364 cm³/mol. The number of fused-ring (bicyclic) bond motifs is 6. The van der Waals surface area contributed by atoms with Crippen molar-refractivity contribution in [3.8, 4) is 67.1 Å². The molecule has 0 radical (unpaired) electrons. The maximum atomic E-state index is 6.66. The average molecular weight is 1110 g/mol. The summed E-state index contributed by atoms with van der Waals surface area (Å²) in [7, 11) is 0. The zero-order valence-electron chi connectivity index (χ0n) is 48.8. The van der Waals surface area contributed by atoms with Crippen LogP contribution in [-0.4, -0.2) is 11.2 Å². The van der Waals surface area contributed by atoms with E-state index >= 15 is 0 Å². The molecule has 14 rings (SSSR count). The number of aryl methyl sites for hydroxylation is 2. The number of para-hydroxylation sites is 1. The number of hydrogen-bond acceptors (Lipinski definition) is 2. The van der Waals surface area contributed by atoms with Gasteiger partial charge in [0.15, 0.2) is 0 Å². The molecule has 13 aromatic rings. The molecule has 0 saturated carbocycles. The lowest BCUT2D eigenvalue weighted by atomic mass is 9.69. The first kappa shape index (κ1) is 53.5. The van der Waals surface area contributed by atoms with Gasteiger partial charge in [-0.2, -0.15) is 0 Å². The summed E-state index contributed by atoms with van der Waals surface area (Å²) in [6.07, 6.45) is 6.58. The van der Waals surface area contributed by atoms with Gasteiger partial charge in [-0.05, 0) is 213 Å². The van der Waals surface area contributed by atoms with Crippen LogP contribution in [-0.2, 0) is 5.41 Å². The molecule has 1 aromatic heterocycles. The fourth-order valence-corrected chi connectivity index (χ4v) is 13.4. The van der Waals surface area contributed by atoms with Gasteiger partial charge in [0.05, 0.1) is 17.6 Å². The SMILES string of the molecule is C=Cc1ccc(-c2ccc3c(c2)c2cc(-c4ccc(N(c5ccc(-c6ccccc6)cc5)c5ccc6c(c5)C(CCCCOc5cc(C)c(-c7ccc(C=C)cc7)cc5C)(c5ccccc5)c5ccccc5-6)cc4)ccc2n3-c2ccccc2)cc1. The molecule has 0 aliphatic heterocycles. The van der Waals surface area contributed by atoms with Gasteiger partial charge >= 0.3 is 0 Å². The van der Waals surface area contributed by atoms with Gasteiger partial charge in [-0.15, -0.1) is 0 Å². The minimum absolute atomic E-state index is 0.398. The van der Waals surface area contributed by atoms with Crippen LogP contribution in [0, 0.1) is 13.8 Å². The molecule has 86 heavy (non-hydrogen) atoms. The molecule has 1 heterocycles. The van der Waals surface area contributed by atoms with Crippen LogP contribution in [0.3, 0.4) is 0 Å². The summed E-state index contributed by atoms with van der Waals surface area (Å²) in [6, 6.07) is 103. The zero-order chi connectivity index (χ0) is 58.1. The van der Waals surface area contributed by atoms with Crippen LogP contribution in [0.1, 0.15) is 58.2 Å². The highest BCUT2D eigenvalue weighted by Gasteiger charge is 2.44. The van der Waals surface area contributed by atoms with E-state index in [0.29, 0.717) is 6.61 Å². The van der Waals surface area contributed by atoms with Crippen molar-refractivity contribution in [2.45, 2.75) is 38.5 Å². The molecular formula is C83H66N2O. The molecule has 0 amide bonds. The number of aromatic nitrogens is 1. The average Bonchev–Trinajstić information content (AvgIpc) is 1.68. The summed E-state index contributed by atoms with van der Waals surface area (Å²) >= 11 is 0. The summed E-state index contributed by atoms with van der Waals surface area (Å²) in [5, 5.41) is 2.43. The second-order valence-electron chi connectivity index (χ2n) is 22.9. The minimum atomic E-state index is -0.398. The van der Waals surface area contributed by atoms with Gasteiger partial charge in [0, 0.05) is 38.9 Å². The minimum Gasteiger partial charge on any atom is -0.493 e. The van der Waals surface area contributed by atoms with Gasteiger partial charge in [0.2, 0.25) is 0 Å². The van der Waals surface area contributed by atoms with E-state index in [2.05, 4.69) is 316 Å². The summed E-state index contributed by atoms with van der Waals surface area (Å²) in [6.45, 7) is 12.9. The zero-order valence-corrected chi connectivity index (χ0v) is 48.8. The van der Waals surface area contributed by atoms with Gasteiger partial charge in [0.1, 0.15) is 5.75 Å². The van der Waals surface area contributed by atoms with Gasteiger partial charge in [-0.25, -0.2) is 0 Å². The van der Waals surface area contributed by atoms with E-state index in [4.69, 9.17) is 4.74 Å². The second-order valence-corrected chi connectivity index (χ2v) is 22.9. The van der Waals surface area contributed by atoms with E-state index in [1.165, 1.54) is 88.6 Å². The highest BCUT2D eigenvalue weighted by atomic mass is 16.5. The summed E-state index contributed by atoms with van der Waals surface area (Å²) < 4.78 is 9.06. The first-order chi connectivity index (χ1) is 42.3. The number of anilines is 3. The Bertz CT molecular complexity index is 4620. The molecule has 0 bridgehead atoms. The van der Waals surface area contributed by atoms with Crippen molar-refractivity contribution in [1.29, 1.82) is 0 Å². The smallest absolute Gasteiger partial charge is 0.122 e. The maximum Gasteiger partial charge on any atom is 0.122 e. The van der Waals surface area contributed by atoms with Crippen LogP contribution in [0.4, 0.5) is 17.1 Å². The number of benzene rings is 12. The van der Waals surface area contributed by atoms with Crippen LogP contribution in [0.25, 0.3) is 95.3 Å². The largest absolute Gasteiger partial charge is 0.493 e. The van der Waals surface area contributed by atoms with Crippen molar-refractivity contribution in [3.05, 3.63) is 331 Å². The molecule has 1 aliphatic carbocycles. The van der Waals surface area contributed by atoms with E-state index in [9.17, 15) is 0 Å². The fourth-order valence-electron chi connectivity index (χ4n) is 13.4. The van der Waals surface area contributed by atoms with Crippen LogP contribution in [0.15, 0.2) is 292 Å². The summed E-state index contributed by atoms with van der Waals surface area (Å²) in [4.78, 5) is 2.44. The van der Waals surface area contributed by atoms with Crippen molar-refractivity contribution in [2.75, 3.05) is 11.5 Å². The number of nitrogens with zero attached hydrogens (tertiary/aromatic N) is 2. The van der Waals surface area contributed by atoms with Crippen molar-refractivity contribution in [1.82, 2.24) is 4.57 Å². The third kappa shape index (κ3) is 9.81. The Hall–Kier alpha value is -10.5. The molecule has 0 fully saturated rings. The molecule has 1 aliphatic rings. The Kier molecular flexibility index (Phi) is 14.3. The highest BCUT2D eigenvalue weighted by molar-refractivity contribution is 6.11. The van der Waals surface area contributed by atoms with Gasteiger partial charge in [-0.1, -0.05) is 219 Å². The summed E-state index contributed by atoms with van der Waals surface area (Å²) in [5.74, 6) is 0.951. The van der Waals surface area contributed by atoms with Gasteiger partial charge in [-0.3, -0.25) is 0 Å². The Morgan fingerprint density at radius 1 is 0.395 bits per heavy atom. The van der Waals surface area contributed by atoms with Crippen molar-refractivity contribution >= 4 is 51.0 Å². The lowest BCUT2D eigenvalue weighted by molar-refractivity contribution is 0.299. The molecule has 3 heteroatoms. The van der Waals surface area contributed by atoms with Crippen molar-refractivity contribution in [2.24, 2.45) is 0 Å². The molecule has 3 nitrogen and oxygen atoms in total. The molecule has 0 N–H and O–H groups in total.